The number of carboxylic acid groups (broad SMARTS) is 1. The number of carbonyl (C=O) groups is 1. The Kier molecular flexibility index (Phi) is 7.58. The summed E-state index contributed by atoms with van der Waals surface area (Å²) in [4.78, 5) is 12.5. The third-order valence-corrected chi connectivity index (χ3v) is 5.54. The topological polar surface area (TPSA) is 81.2 Å². The molecule has 1 N–H and O–H groups in total. The van der Waals surface area contributed by atoms with Gasteiger partial charge in [-0.2, -0.15) is 17.0 Å². The molecule has 124 valence electrons. The van der Waals surface area contributed by atoms with E-state index in [9.17, 15) is 13.2 Å². The molecule has 1 heterocycles. The van der Waals surface area contributed by atoms with Crippen molar-refractivity contribution >= 4 is 16.2 Å². The summed E-state index contributed by atoms with van der Waals surface area (Å²) in [6, 6.07) is 0. The molecule has 1 aliphatic heterocycles. The molecule has 1 aliphatic rings. The minimum absolute atomic E-state index is 0.0263. The van der Waals surface area contributed by atoms with Gasteiger partial charge >= 0.3 is 5.97 Å². The fourth-order valence-electron chi connectivity index (χ4n) is 2.53. The summed E-state index contributed by atoms with van der Waals surface area (Å²) in [5.41, 5.74) is 0. The van der Waals surface area contributed by atoms with E-state index in [4.69, 9.17) is 5.11 Å². The molecule has 0 amide bonds. The van der Waals surface area contributed by atoms with E-state index in [2.05, 4.69) is 0 Å². The average Bonchev–Trinajstić information content (AvgIpc) is 2.64. The molecule has 0 aromatic carbocycles. The van der Waals surface area contributed by atoms with E-state index >= 15 is 0 Å². The predicted octanol–water partition coefficient (Wildman–Crippen LogP) is 0.446. The molecule has 0 spiro atoms. The number of hydrogen-bond donors (Lipinski definition) is 1. The molecule has 8 heteroatoms. The summed E-state index contributed by atoms with van der Waals surface area (Å²) in [5, 5.41) is 8.83. The van der Waals surface area contributed by atoms with Gasteiger partial charge in [0.2, 0.25) is 0 Å². The molecule has 0 atom stereocenters. The van der Waals surface area contributed by atoms with E-state index in [1.807, 2.05) is 13.8 Å². The Balaban J connectivity index is 2.72. The monoisotopic (exact) mass is 321 g/mol. The van der Waals surface area contributed by atoms with Crippen LogP contribution in [-0.2, 0) is 15.0 Å². The van der Waals surface area contributed by atoms with Crippen LogP contribution in [0.15, 0.2) is 0 Å². The van der Waals surface area contributed by atoms with Crippen molar-refractivity contribution in [2.75, 3.05) is 45.8 Å². The van der Waals surface area contributed by atoms with Crippen LogP contribution in [0.1, 0.15) is 33.1 Å². The first-order chi connectivity index (χ1) is 9.91. The van der Waals surface area contributed by atoms with Crippen molar-refractivity contribution in [3.05, 3.63) is 0 Å². The minimum Gasteiger partial charge on any atom is -0.480 e. The van der Waals surface area contributed by atoms with Gasteiger partial charge in [-0.1, -0.05) is 13.8 Å². The van der Waals surface area contributed by atoms with Gasteiger partial charge in [-0.15, -0.1) is 0 Å². The molecule has 0 aromatic rings. The van der Waals surface area contributed by atoms with E-state index in [0.29, 0.717) is 45.7 Å². The van der Waals surface area contributed by atoms with Crippen LogP contribution in [0, 0.1) is 0 Å². The highest BCUT2D eigenvalue weighted by Crippen LogP contribution is 2.13. The first-order valence-corrected chi connectivity index (χ1v) is 9.00. The summed E-state index contributed by atoms with van der Waals surface area (Å²) in [5.74, 6) is -0.870. The number of aliphatic carboxylic acids is 1. The molecular weight excluding hydrogens is 294 g/mol. The lowest BCUT2D eigenvalue weighted by Gasteiger charge is -2.28. The molecule has 0 unspecified atom stereocenters. The second kappa shape index (κ2) is 8.67. The van der Waals surface area contributed by atoms with Gasteiger partial charge in [0.25, 0.3) is 10.2 Å². The van der Waals surface area contributed by atoms with Crippen LogP contribution in [0.25, 0.3) is 0 Å². The van der Waals surface area contributed by atoms with Crippen molar-refractivity contribution in [3.63, 3.8) is 0 Å². The quantitative estimate of drug-likeness (QED) is 0.702. The zero-order valence-corrected chi connectivity index (χ0v) is 13.8. The summed E-state index contributed by atoms with van der Waals surface area (Å²) in [6.45, 7) is 6.89. The van der Waals surface area contributed by atoms with Crippen molar-refractivity contribution in [1.29, 1.82) is 0 Å². The van der Waals surface area contributed by atoms with Crippen LogP contribution in [-0.4, -0.2) is 78.8 Å². The van der Waals surface area contributed by atoms with Crippen molar-refractivity contribution in [3.8, 4) is 0 Å². The summed E-state index contributed by atoms with van der Waals surface area (Å²) < 4.78 is 28.4. The third-order valence-electron chi connectivity index (χ3n) is 3.50. The third kappa shape index (κ3) is 5.54. The van der Waals surface area contributed by atoms with E-state index in [1.165, 1.54) is 4.31 Å². The van der Waals surface area contributed by atoms with E-state index in [0.717, 1.165) is 12.8 Å². The van der Waals surface area contributed by atoms with Crippen LogP contribution in [0.3, 0.4) is 0 Å². The summed E-state index contributed by atoms with van der Waals surface area (Å²) in [7, 11) is -3.43. The zero-order valence-electron chi connectivity index (χ0n) is 13.0. The van der Waals surface area contributed by atoms with Crippen molar-refractivity contribution in [1.82, 2.24) is 13.5 Å². The number of hydrogen-bond acceptors (Lipinski definition) is 4. The van der Waals surface area contributed by atoms with Crippen LogP contribution in [0.2, 0.25) is 0 Å². The maximum absolute atomic E-state index is 12.7. The van der Waals surface area contributed by atoms with Gasteiger partial charge in [0.05, 0.1) is 6.54 Å². The Hall–Kier alpha value is -0.700. The Morgan fingerprint density at radius 2 is 1.71 bits per heavy atom. The number of carboxylic acids is 1. The lowest BCUT2D eigenvalue weighted by atomic mass is 10.4. The molecule has 7 nitrogen and oxygen atoms in total. The lowest BCUT2D eigenvalue weighted by Crippen LogP contribution is -2.46. The summed E-state index contributed by atoms with van der Waals surface area (Å²) in [6.07, 6.45) is 2.25. The van der Waals surface area contributed by atoms with Gasteiger partial charge in [-0.25, -0.2) is 0 Å². The fourth-order valence-corrected chi connectivity index (χ4v) is 4.36. The molecule has 0 aromatic heterocycles. The van der Waals surface area contributed by atoms with Crippen LogP contribution in [0.4, 0.5) is 0 Å². The van der Waals surface area contributed by atoms with Crippen molar-refractivity contribution in [2.24, 2.45) is 0 Å². The van der Waals surface area contributed by atoms with Gasteiger partial charge in [0.15, 0.2) is 0 Å². The lowest BCUT2D eigenvalue weighted by molar-refractivity contribution is -0.138. The van der Waals surface area contributed by atoms with Gasteiger partial charge in [-0.3, -0.25) is 9.69 Å². The molecule has 21 heavy (non-hydrogen) atoms. The molecule has 0 bridgehead atoms. The van der Waals surface area contributed by atoms with Gasteiger partial charge in [0, 0.05) is 39.3 Å². The predicted molar refractivity (Wildman–Crippen MR) is 81.3 cm³/mol. The molecule has 0 saturated carbocycles. The average molecular weight is 321 g/mol. The van der Waals surface area contributed by atoms with Crippen LogP contribution in [0.5, 0.6) is 0 Å². The van der Waals surface area contributed by atoms with Crippen molar-refractivity contribution < 1.29 is 18.3 Å². The Morgan fingerprint density at radius 3 is 2.24 bits per heavy atom. The van der Waals surface area contributed by atoms with Crippen LogP contribution >= 0.6 is 0 Å². The van der Waals surface area contributed by atoms with E-state index in [1.54, 1.807) is 9.21 Å². The molecular formula is C13H27N3O4S. The largest absolute Gasteiger partial charge is 0.480 e. The molecule has 1 fully saturated rings. The first kappa shape index (κ1) is 18.3. The second-order valence-electron chi connectivity index (χ2n) is 5.33. The highest BCUT2D eigenvalue weighted by Gasteiger charge is 2.30. The smallest absolute Gasteiger partial charge is 0.317 e. The van der Waals surface area contributed by atoms with E-state index < -0.39 is 16.2 Å². The number of rotatable bonds is 8. The van der Waals surface area contributed by atoms with Gasteiger partial charge in [-0.05, 0) is 19.3 Å². The minimum atomic E-state index is -3.43. The maximum atomic E-state index is 12.7. The molecule has 1 saturated heterocycles. The maximum Gasteiger partial charge on any atom is 0.317 e. The molecule has 1 rings (SSSR count). The van der Waals surface area contributed by atoms with Crippen molar-refractivity contribution in [2.45, 2.75) is 33.1 Å². The summed E-state index contributed by atoms with van der Waals surface area (Å²) >= 11 is 0. The number of nitrogens with zero attached hydrogens (tertiary/aromatic N) is 3. The van der Waals surface area contributed by atoms with Gasteiger partial charge in [0.1, 0.15) is 0 Å². The Morgan fingerprint density at radius 1 is 1.10 bits per heavy atom. The SMILES string of the molecule is CCCN(CCC)S(=O)(=O)N1CCCN(CC(=O)O)CC1. The second-order valence-corrected chi connectivity index (χ2v) is 7.26. The van der Waals surface area contributed by atoms with Crippen LogP contribution < -0.4 is 0 Å². The highest BCUT2D eigenvalue weighted by atomic mass is 32.2. The highest BCUT2D eigenvalue weighted by molar-refractivity contribution is 7.86. The zero-order chi connectivity index (χ0) is 15.9. The Bertz CT molecular complexity index is 421. The Labute approximate surface area is 127 Å². The van der Waals surface area contributed by atoms with E-state index in [-0.39, 0.29) is 6.54 Å². The molecule has 0 aliphatic carbocycles. The normalized spacial score (nSPS) is 18.8. The van der Waals surface area contributed by atoms with Gasteiger partial charge < -0.3 is 5.11 Å². The molecule has 0 radical (unpaired) electrons. The standard InChI is InChI=1S/C13H27N3O4S/c1-3-6-15(7-4-2)21(19,20)16-9-5-8-14(10-11-16)12-13(17)18/h3-12H2,1-2H3,(H,17,18). The first-order valence-electron chi connectivity index (χ1n) is 7.61. The fraction of sp³-hybridized carbons (Fsp3) is 0.923.